The first-order valence-corrected chi connectivity index (χ1v) is 10.6. The quantitative estimate of drug-likeness (QED) is 0.615. The molecule has 0 saturated heterocycles. The zero-order valence-corrected chi connectivity index (χ0v) is 15.9. The molecular weight excluding hydrogens is 419 g/mol. The number of nitrogens with one attached hydrogen (secondary N) is 1. The first kappa shape index (κ1) is 19.6. The summed E-state index contributed by atoms with van der Waals surface area (Å²) in [5.74, 6) is 0. The molecule has 27 heavy (non-hydrogen) atoms. The van der Waals surface area contributed by atoms with Gasteiger partial charge >= 0.3 is 5.51 Å². The fourth-order valence-electron chi connectivity index (χ4n) is 2.07. The van der Waals surface area contributed by atoms with Gasteiger partial charge in [0.2, 0.25) is 5.13 Å². The number of halogens is 3. The van der Waals surface area contributed by atoms with Crippen molar-refractivity contribution in [1.82, 2.24) is 10.2 Å². The van der Waals surface area contributed by atoms with Crippen LogP contribution in [0, 0.1) is 0 Å². The molecular formula is C16H12F3N3O2S3. The Labute approximate surface area is 161 Å². The minimum atomic E-state index is -5.45. The van der Waals surface area contributed by atoms with Crippen LogP contribution in [0.25, 0.3) is 0 Å². The van der Waals surface area contributed by atoms with E-state index in [0.29, 0.717) is 16.0 Å². The van der Waals surface area contributed by atoms with Crippen LogP contribution in [0.4, 0.5) is 18.3 Å². The third kappa shape index (κ3) is 4.60. The molecule has 0 radical (unpaired) electrons. The minimum absolute atomic E-state index is 0.0550. The van der Waals surface area contributed by atoms with Crippen molar-refractivity contribution in [3.05, 3.63) is 60.2 Å². The van der Waals surface area contributed by atoms with Gasteiger partial charge in [-0.1, -0.05) is 65.6 Å². The lowest BCUT2D eigenvalue weighted by molar-refractivity contribution is -0.0437. The van der Waals surface area contributed by atoms with E-state index >= 15 is 0 Å². The predicted octanol–water partition coefficient (Wildman–Crippen LogP) is 4.59. The van der Waals surface area contributed by atoms with Crippen LogP contribution in [0.1, 0.15) is 5.56 Å². The molecule has 0 bridgehead atoms. The summed E-state index contributed by atoms with van der Waals surface area (Å²) < 4.78 is 62.4. The van der Waals surface area contributed by atoms with E-state index in [9.17, 15) is 21.6 Å². The molecule has 3 rings (SSSR count). The maximum Gasteiger partial charge on any atom is 0.501 e. The molecule has 2 aromatic carbocycles. The standard InChI is InChI=1S/C16H12F3N3O2S3/c17-16(18,19)27(23,24)13-9-5-4-8-12(13)25-15-22-21-14(26-15)20-10-11-6-2-1-3-7-11/h1-9H,10H2,(H,20,21). The largest absolute Gasteiger partial charge is 0.501 e. The molecule has 0 unspecified atom stereocenters. The number of hydrogen-bond acceptors (Lipinski definition) is 7. The van der Waals surface area contributed by atoms with E-state index in [0.717, 1.165) is 34.7 Å². The maximum atomic E-state index is 12.9. The number of sulfone groups is 1. The normalized spacial score (nSPS) is 12.1. The van der Waals surface area contributed by atoms with Crippen molar-refractivity contribution in [2.45, 2.75) is 26.2 Å². The highest BCUT2D eigenvalue weighted by Crippen LogP contribution is 2.39. The zero-order valence-electron chi connectivity index (χ0n) is 13.5. The number of rotatable bonds is 6. The topological polar surface area (TPSA) is 72.0 Å². The van der Waals surface area contributed by atoms with E-state index in [4.69, 9.17) is 0 Å². The fraction of sp³-hybridized carbons (Fsp3) is 0.125. The van der Waals surface area contributed by atoms with E-state index in [1.165, 1.54) is 18.2 Å². The number of aromatic nitrogens is 2. The van der Waals surface area contributed by atoms with Crippen molar-refractivity contribution in [1.29, 1.82) is 0 Å². The number of anilines is 1. The minimum Gasteiger partial charge on any atom is -0.356 e. The van der Waals surface area contributed by atoms with Crippen LogP contribution in [0.15, 0.2) is 68.7 Å². The molecule has 0 amide bonds. The van der Waals surface area contributed by atoms with Gasteiger partial charge in [-0.3, -0.25) is 0 Å². The summed E-state index contributed by atoms with van der Waals surface area (Å²) in [6, 6.07) is 14.5. The molecule has 0 aliphatic carbocycles. The van der Waals surface area contributed by atoms with Gasteiger partial charge in [-0.05, 0) is 17.7 Å². The summed E-state index contributed by atoms with van der Waals surface area (Å²) in [6.07, 6.45) is 0. The van der Waals surface area contributed by atoms with Gasteiger partial charge in [-0.15, -0.1) is 10.2 Å². The predicted molar refractivity (Wildman–Crippen MR) is 97.5 cm³/mol. The lowest BCUT2D eigenvalue weighted by Gasteiger charge is -2.11. The average Bonchev–Trinajstić information content (AvgIpc) is 3.08. The number of hydrogen-bond donors (Lipinski definition) is 1. The Morgan fingerprint density at radius 1 is 1.00 bits per heavy atom. The van der Waals surface area contributed by atoms with Crippen molar-refractivity contribution in [3.63, 3.8) is 0 Å². The number of benzene rings is 2. The van der Waals surface area contributed by atoms with Gasteiger partial charge in [-0.2, -0.15) is 13.2 Å². The Hall–Kier alpha value is -2.11. The lowest BCUT2D eigenvalue weighted by atomic mass is 10.2. The molecule has 0 spiro atoms. The van der Waals surface area contributed by atoms with Crippen LogP contribution in [0.5, 0.6) is 0 Å². The third-order valence-corrected chi connectivity index (χ3v) is 7.02. The molecule has 1 aromatic heterocycles. The monoisotopic (exact) mass is 431 g/mol. The Balaban J connectivity index is 1.77. The summed E-state index contributed by atoms with van der Waals surface area (Å²) in [6.45, 7) is 0.513. The van der Waals surface area contributed by atoms with Crippen molar-refractivity contribution in [3.8, 4) is 0 Å². The van der Waals surface area contributed by atoms with E-state index < -0.39 is 20.2 Å². The average molecular weight is 431 g/mol. The second-order valence-electron chi connectivity index (χ2n) is 5.21. The molecule has 1 N–H and O–H groups in total. The molecule has 3 aromatic rings. The van der Waals surface area contributed by atoms with E-state index in [-0.39, 0.29) is 4.90 Å². The van der Waals surface area contributed by atoms with Crippen molar-refractivity contribution < 1.29 is 21.6 Å². The number of nitrogens with zero attached hydrogens (tertiary/aromatic N) is 2. The van der Waals surface area contributed by atoms with Gasteiger partial charge in [0.15, 0.2) is 4.34 Å². The first-order valence-electron chi connectivity index (χ1n) is 7.47. The summed E-state index contributed by atoms with van der Waals surface area (Å²) >= 11 is 1.95. The van der Waals surface area contributed by atoms with E-state index in [2.05, 4.69) is 15.5 Å². The van der Waals surface area contributed by atoms with Crippen LogP contribution in [-0.4, -0.2) is 24.1 Å². The van der Waals surface area contributed by atoms with Crippen LogP contribution >= 0.6 is 23.1 Å². The Kier molecular flexibility index (Phi) is 5.72. The van der Waals surface area contributed by atoms with Gasteiger partial charge in [0.05, 0.1) is 4.90 Å². The summed E-state index contributed by atoms with van der Waals surface area (Å²) in [4.78, 5) is -0.850. The maximum absolute atomic E-state index is 12.9. The van der Waals surface area contributed by atoms with Crippen molar-refractivity contribution in [2.24, 2.45) is 0 Å². The zero-order chi connectivity index (χ0) is 19.5. The molecule has 5 nitrogen and oxygen atoms in total. The molecule has 0 aliphatic heterocycles. The molecule has 142 valence electrons. The first-order chi connectivity index (χ1) is 12.8. The van der Waals surface area contributed by atoms with Crippen LogP contribution < -0.4 is 5.32 Å². The van der Waals surface area contributed by atoms with Crippen LogP contribution in [0.2, 0.25) is 0 Å². The van der Waals surface area contributed by atoms with Gasteiger partial charge in [0, 0.05) is 11.4 Å². The Morgan fingerprint density at radius 2 is 1.67 bits per heavy atom. The highest BCUT2D eigenvalue weighted by atomic mass is 32.2. The molecule has 11 heteroatoms. The molecule has 0 fully saturated rings. The second-order valence-corrected chi connectivity index (χ2v) is 9.39. The number of alkyl halides is 3. The summed E-state index contributed by atoms with van der Waals surface area (Å²) in [5, 5.41) is 11.4. The smallest absolute Gasteiger partial charge is 0.356 e. The van der Waals surface area contributed by atoms with Crippen LogP contribution in [-0.2, 0) is 16.4 Å². The van der Waals surface area contributed by atoms with Crippen molar-refractivity contribution >= 4 is 38.1 Å². The third-order valence-electron chi connectivity index (χ3n) is 3.33. The van der Waals surface area contributed by atoms with Crippen molar-refractivity contribution in [2.75, 3.05) is 5.32 Å². The Bertz CT molecular complexity index is 1020. The highest BCUT2D eigenvalue weighted by molar-refractivity contribution is 8.02. The second kappa shape index (κ2) is 7.87. The van der Waals surface area contributed by atoms with E-state index in [1.54, 1.807) is 0 Å². The van der Waals surface area contributed by atoms with Crippen LogP contribution in [0.3, 0.4) is 0 Å². The molecule has 1 heterocycles. The van der Waals surface area contributed by atoms with Gasteiger partial charge in [-0.25, -0.2) is 8.42 Å². The summed E-state index contributed by atoms with van der Waals surface area (Å²) in [5.41, 5.74) is -4.34. The summed E-state index contributed by atoms with van der Waals surface area (Å²) in [7, 11) is -5.45. The van der Waals surface area contributed by atoms with Gasteiger partial charge < -0.3 is 5.32 Å². The molecule has 0 saturated carbocycles. The molecule has 0 atom stereocenters. The lowest BCUT2D eigenvalue weighted by Crippen LogP contribution is -2.23. The SMILES string of the molecule is O=S(=O)(c1ccccc1Sc1nnc(NCc2ccccc2)s1)C(F)(F)F. The Morgan fingerprint density at radius 3 is 2.37 bits per heavy atom. The van der Waals surface area contributed by atoms with E-state index in [1.807, 2.05) is 30.3 Å². The highest BCUT2D eigenvalue weighted by Gasteiger charge is 2.47. The molecule has 0 aliphatic rings. The van der Waals surface area contributed by atoms with Gasteiger partial charge in [0.25, 0.3) is 9.84 Å². The fourth-order valence-corrected chi connectivity index (χ4v) is 5.10. The van der Waals surface area contributed by atoms with Gasteiger partial charge in [0.1, 0.15) is 0 Å².